The zero-order valence-electron chi connectivity index (χ0n) is 11.8. The van der Waals surface area contributed by atoms with Gasteiger partial charge < -0.3 is 5.73 Å². The van der Waals surface area contributed by atoms with Gasteiger partial charge in [-0.05, 0) is 12.8 Å². The molecule has 1 heterocycles. The molecule has 132 valence electrons. The van der Waals surface area contributed by atoms with Gasteiger partial charge in [-0.1, -0.05) is 23.5 Å². The van der Waals surface area contributed by atoms with Crippen LogP contribution in [0.2, 0.25) is 0 Å². The molecule has 0 saturated heterocycles. The summed E-state index contributed by atoms with van der Waals surface area (Å²) in [5, 5.41) is 0.621. The van der Waals surface area contributed by atoms with E-state index in [1.54, 1.807) is 0 Å². The van der Waals surface area contributed by atoms with Crippen LogP contribution in [0.5, 0.6) is 0 Å². The van der Waals surface area contributed by atoms with Gasteiger partial charge in [-0.25, -0.2) is 0 Å². The van der Waals surface area contributed by atoms with Crippen molar-refractivity contribution in [3.05, 3.63) is 0 Å². The van der Waals surface area contributed by atoms with Crippen LogP contribution >= 0.6 is 23.5 Å². The predicted octanol–water partition coefficient (Wildman–Crippen LogP) is 0.194. The largest absolute Gasteiger partial charge is 0.368 e. The van der Waals surface area contributed by atoms with Crippen molar-refractivity contribution in [1.29, 1.82) is 0 Å². The number of hydrogen-bond acceptors (Lipinski definition) is 10. The molecular formula is C9H16N4O6S4. The van der Waals surface area contributed by atoms with Crippen molar-refractivity contribution < 1.29 is 25.9 Å². The summed E-state index contributed by atoms with van der Waals surface area (Å²) in [6, 6.07) is 0. The standard InChI is InChI=1S/C9H16N4O6S4/c10-7-11-8(20-3-1-5-22(14,15)16)13-9(12-7)21-4-2-6-23(17,18)19/h1-6H2,(H,14,15,16)(H,17,18,19)(H2,10,11,12,13). The zero-order chi connectivity index (χ0) is 17.5. The third-order valence-electron chi connectivity index (χ3n) is 2.17. The van der Waals surface area contributed by atoms with Gasteiger partial charge in [-0.2, -0.15) is 31.8 Å². The molecule has 1 rings (SSSR count). The topological polar surface area (TPSA) is 173 Å². The van der Waals surface area contributed by atoms with E-state index in [0.29, 0.717) is 21.8 Å². The van der Waals surface area contributed by atoms with E-state index in [0.717, 1.165) is 0 Å². The van der Waals surface area contributed by atoms with E-state index in [-0.39, 0.29) is 30.3 Å². The minimum absolute atomic E-state index is 0.00504. The number of aromatic nitrogens is 3. The van der Waals surface area contributed by atoms with Gasteiger partial charge in [0.2, 0.25) is 5.95 Å². The maximum Gasteiger partial charge on any atom is 0.264 e. The van der Waals surface area contributed by atoms with Gasteiger partial charge in [0.25, 0.3) is 20.2 Å². The third kappa shape index (κ3) is 10.7. The molecule has 0 amide bonds. The Hall–Kier alpha value is -0.670. The van der Waals surface area contributed by atoms with Gasteiger partial charge in [0.1, 0.15) is 0 Å². The number of hydrogen-bond donors (Lipinski definition) is 3. The van der Waals surface area contributed by atoms with Crippen LogP contribution in [0.3, 0.4) is 0 Å². The van der Waals surface area contributed by atoms with Gasteiger partial charge in [0, 0.05) is 11.5 Å². The maximum atomic E-state index is 10.6. The minimum atomic E-state index is -3.99. The van der Waals surface area contributed by atoms with E-state index < -0.39 is 20.2 Å². The van der Waals surface area contributed by atoms with Crippen molar-refractivity contribution in [2.24, 2.45) is 0 Å². The molecule has 23 heavy (non-hydrogen) atoms. The van der Waals surface area contributed by atoms with Crippen LogP contribution in [0, 0.1) is 0 Å². The summed E-state index contributed by atoms with van der Waals surface area (Å²) in [7, 11) is -7.97. The average Bonchev–Trinajstić information content (AvgIpc) is 2.37. The zero-order valence-corrected chi connectivity index (χ0v) is 15.1. The van der Waals surface area contributed by atoms with Crippen molar-refractivity contribution >= 4 is 49.7 Å². The molecule has 0 aliphatic rings. The fraction of sp³-hybridized carbons (Fsp3) is 0.667. The van der Waals surface area contributed by atoms with Crippen LogP contribution in [-0.4, -0.2) is 63.9 Å². The first-order valence-corrected chi connectivity index (χ1v) is 11.4. The van der Waals surface area contributed by atoms with Crippen molar-refractivity contribution in [3.63, 3.8) is 0 Å². The molecule has 4 N–H and O–H groups in total. The first kappa shape index (κ1) is 20.4. The summed E-state index contributed by atoms with van der Waals surface area (Å²) in [6.07, 6.45) is 0.456. The van der Waals surface area contributed by atoms with Crippen LogP contribution in [0.4, 0.5) is 5.95 Å². The first-order chi connectivity index (χ1) is 10.6. The summed E-state index contributed by atoms with van der Waals surface area (Å²) >= 11 is 2.33. The molecule has 0 aliphatic carbocycles. The third-order valence-corrected chi connectivity index (χ3v) is 5.64. The summed E-state index contributed by atoms with van der Waals surface area (Å²) in [5.41, 5.74) is 5.55. The van der Waals surface area contributed by atoms with E-state index in [2.05, 4.69) is 15.0 Å². The fourth-order valence-corrected chi connectivity index (χ4v) is 4.29. The van der Waals surface area contributed by atoms with Crippen LogP contribution < -0.4 is 5.73 Å². The Kier molecular flexibility index (Phi) is 7.96. The van der Waals surface area contributed by atoms with Crippen LogP contribution in [0.25, 0.3) is 0 Å². The maximum absolute atomic E-state index is 10.6. The molecule has 0 aliphatic heterocycles. The Morgan fingerprint density at radius 3 is 1.57 bits per heavy atom. The number of rotatable bonds is 10. The number of nitrogens with two attached hydrogens (primary N) is 1. The lowest BCUT2D eigenvalue weighted by atomic mass is 10.6. The van der Waals surface area contributed by atoms with Gasteiger partial charge in [0.15, 0.2) is 10.3 Å². The van der Waals surface area contributed by atoms with Crippen molar-refractivity contribution in [1.82, 2.24) is 15.0 Å². The lowest BCUT2D eigenvalue weighted by Gasteiger charge is -2.04. The Morgan fingerprint density at radius 1 is 0.826 bits per heavy atom. The molecule has 14 heteroatoms. The minimum Gasteiger partial charge on any atom is -0.368 e. The van der Waals surface area contributed by atoms with E-state index in [1.807, 2.05) is 0 Å². The molecule has 0 aromatic carbocycles. The highest BCUT2D eigenvalue weighted by Crippen LogP contribution is 2.20. The van der Waals surface area contributed by atoms with Gasteiger partial charge in [-0.15, -0.1) is 0 Å². The molecule has 0 fully saturated rings. The van der Waals surface area contributed by atoms with Gasteiger partial charge in [-0.3, -0.25) is 9.11 Å². The molecule has 0 atom stereocenters. The molecule has 1 aromatic rings. The Bertz CT molecular complexity index is 665. The molecule has 0 saturated carbocycles. The highest BCUT2D eigenvalue weighted by Gasteiger charge is 2.09. The van der Waals surface area contributed by atoms with Crippen molar-refractivity contribution in [2.45, 2.75) is 23.2 Å². The highest BCUT2D eigenvalue weighted by molar-refractivity contribution is 7.99. The second-order valence-electron chi connectivity index (χ2n) is 4.23. The van der Waals surface area contributed by atoms with Gasteiger partial charge in [0.05, 0.1) is 11.5 Å². The summed E-state index contributed by atoms with van der Waals surface area (Å²) < 4.78 is 59.6. The Labute approximate surface area is 142 Å². The summed E-state index contributed by atoms with van der Waals surface area (Å²) in [4.78, 5) is 11.9. The number of nitrogen functional groups attached to an aromatic ring is 1. The SMILES string of the molecule is Nc1nc(SCCCS(=O)(=O)O)nc(SCCCS(=O)(=O)O)n1. The summed E-state index contributed by atoms with van der Waals surface area (Å²) in [6.45, 7) is 0. The van der Waals surface area contributed by atoms with Gasteiger partial charge >= 0.3 is 0 Å². The number of thioether (sulfide) groups is 2. The normalized spacial score (nSPS) is 12.4. The van der Waals surface area contributed by atoms with Crippen molar-refractivity contribution in [3.8, 4) is 0 Å². The number of nitrogens with zero attached hydrogens (tertiary/aromatic N) is 3. The molecule has 0 radical (unpaired) electrons. The molecule has 0 unspecified atom stereocenters. The Balaban J connectivity index is 2.48. The molecule has 0 spiro atoms. The van der Waals surface area contributed by atoms with Crippen LogP contribution in [-0.2, 0) is 20.2 Å². The average molecular weight is 405 g/mol. The quantitative estimate of drug-likeness (QED) is 0.275. The number of anilines is 1. The van der Waals surface area contributed by atoms with E-state index >= 15 is 0 Å². The van der Waals surface area contributed by atoms with E-state index in [4.69, 9.17) is 14.8 Å². The molecular weight excluding hydrogens is 388 g/mol. The lowest BCUT2D eigenvalue weighted by Crippen LogP contribution is -2.06. The first-order valence-electron chi connectivity index (χ1n) is 6.23. The summed E-state index contributed by atoms with van der Waals surface area (Å²) in [5.74, 6) is 0.0384. The van der Waals surface area contributed by atoms with E-state index in [1.165, 1.54) is 23.5 Å². The lowest BCUT2D eigenvalue weighted by molar-refractivity contribution is 0.480. The second kappa shape index (κ2) is 8.98. The van der Waals surface area contributed by atoms with Crippen LogP contribution in [0.15, 0.2) is 10.3 Å². The predicted molar refractivity (Wildman–Crippen MR) is 87.8 cm³/mol. The Morgan fingerprint density at radius 2 is 1.22 bits per heavy atom. The molecule has 0 bridgehead atoms. The fourth-order valence-electron chi connectivity index (χ4n) is 1.29. The monoisotopic (exact) mass is 404 g/mol. The van der Waals surface area contributed by atoms with E-state index in [9.17, 15) is 16.8 Å². The van der Waals surface area contributed by atoms with Crippen LogP contribution in [0.1, 0.15) is 12.8 Å². The smallest absolute Gasteiger partial charge is 0.264 e. The molecule has 10 nitrogen and oxygen atoms in total. The highest BCUT2D eigenvalue weighted by atomic mass is 32.2. The molecule has 1 aromatic heterocycles. The second-order valence-corrected chi connectivity index (χ2v) is 9.50. The van der Waals surface area contributed by atoms with Crippen molar-refractivity contribution in [2.75, 3.05) is 28.7 Å².